The average Bonchev–Trinajstić information content (AvgIpc) is 3.45. The quantitative estimate of drug-likeness (QED) is 0.227. The molecule has 3 rings (SSSR count). The van der Waals surface area contributed by atoms with Crippen molar-refractivity contribution in [3.05, 3.63) is 42.6 Å². The molecule has 2 aromatic rings. The third-order valence-corrected chi connectivity index (χ3v) is 5.02. The Hall–Kier alpha value is -1.55. The average molecular weight is 500 g/mol. The van der Waals surface area contributed by atoms with Crippen LogP contribution in [0.2, 0.25) is 0 Å². The van der Waals surface area contributed by atoms with Crippen molar-refractivity contribution in [3.8, 4) is 0 Å². The standard InChI is InChI=1S/C20H32N6O.HI/c1-2-25-13-3-7-18(25)17-23-20(22-12-9-19-8-4-16-27-19)21-10-5-14-26-15-6-11-24-26;/h4,6,8,11,15-16,18H,2-3,5,7,9-10,12-14,17H2,1H3,(H2,21,22,23);1H. The van der Waals surface area contributed by atoms with E-state index in [1.165, 1.54) is 19.4 Å². The van der Waals surface area contributed by atoms with Gasteiger partial charge in [0.15, 0.2) is 5.96 Å². The number of hydrogen-bond donors (Lipinski definition) is 2. The van der Waals surface area contributed by atoms with E-state index in [2.05, 4.69) is 27.6 Å². The molecule has 0 aliphatic carbocycles. The van der Waals surface area contributed by atoms with E-state index < -0.39 is 0 Å². The molecule has 0 saturated carbocycles. The summed E-state index contributed by atoms with van der Waals surface area (Å²) in [5, 5.41) is 11.2. The van der Waals surface area contributed by atoms with Crippen LogP contribution in [-0.2, 0) is 13.0 Å². The van der Waals surface area contributed by atoms with Crippen LogP contribution in [-0.4, -0.2) is 59.4 Å². The minimum Gasteiger partial charge on any atom is -0.469 e. The number of aromatic nitrogens is 2. The summed E-state index contributed by atoms with van der Waals surface area (Å²) in [6.45, 7) is 7.98. The maximum atomic E-state index is 5.41. The highest BCUT2D eigenvalue weighted by Gasteiger charge is 2.22. The Balaban J connectivity index is 0.00000280. The van der Waals surface area contributed by atoms with E-state index in [0.29, 0.717) is 6.04 Å². The summed E-state index contributed by atoms with van der Waals surface area (Å²) in [6.07, 6.45) is 9.92. The summed E-state index contributed by atoms with van der Waals surface area (Å²) in [5.74, 6) is 1.89. The second-order valence-corrected chi connectivity index (χ2v) is 6.92. The van der Waals surface area contributed by atoms with Gasteiger partial charge in [-0.2, -0.15) is 5.10 Å². The molecule has 1 aliphatic rings. The monoisotopic (exact) mass is 500 g/mol. The van der Waals surface area contributed by atoms with E-state index in [9.17, 15) is 0 Å². The number of likely N-dealkylation sites (N-methyl/N-ethyl adjacent to an activating group) is 1. The molecule has 7 nitrogen and oxygen atoms in total. The molecule has 1 aliphatic heterocycles. The first-order valence-corrected chi connectivity index (χ1v) is 10.1. The van der Waals surface area contributed by atoms with Crippen LogP contribution in [0.15, 0.2) is 46.3 Å². The van der Waals surface area contributed by atoms with Gasteiger partial charge in [0.25, 0.3) is 0 Å². The van der Waals surface area contributed by atoms with Crippen molar-refractivity contribution in [2.24, 2.45) is 4.99 Å². The van der Waals surface area contributed by atoms with Gasteiger partial charge in [-0.25, -0.2) is 0 Å². The third kappa shape index (κ3) is 7.46. The highest BCUT2D eigenvalue weighted by molar-refractivity contribution is 14.0. The molecular weight excluding hydrogens is 467 g/mol. The van der Waals surface area contributed by atoms with Crippen molar-refractivity contribution in [1.82, 2.24) is 25.3 Å². The van der Waals surface area contributed by atoms with E-state index in [-0.39, 0.29) is 24.0 Å². The molecule has 28 heavy (non-hydrogen) atoms. The topological polar surface area (TPSA) is 70.6 Å². The SMILES string of the molecule is CCN1CCCC1CN=C(NCCCn1cccn1)NCCc1ccco1.I. The fraction of sp³-hybridized carbons (Fsp3) is 0.600. The molecule has 1 fully saturated rings. The van der Waals surface area contributed by atoms with Crippen LogP contribution in [0.3, 0.4) is 0 Å². The Kier molecular flexibility index (Phi) is 10.4. The van der Waals surface area contributed by atoms with Crippen LogP contribution in [0, 0.1) is 0 Å². The molecule has 3 heterocycles. The predicted molar refractivity (Wildman–Crippen MR) is 123 cm³/mol. The van der Waals surface area contributed by atoms with Gasteiger partial charge in [0.05, 0.1) is 12.8 Å². The number of furan rings is 1. The number of likely N-dealkylation sites (tertiary alicyclic amines) is 1. The van der Waals surface area contributed by atoms with Gasteiger partial charge < -0.3 is 15.1 Å². The molecule has 0 aromatic carbocycles. The van der Waals surface area contributed by atoms with Gasteiger partial charge in [0.2, 0.25) is 0 Å². The Morgan fingerprint density at radius 3 is 2.96 bits per heavy atom. The van der Waals surface area contributed by atoms with Crippen molar-refractivity contribution in [3.63, 3.8) is 0 Å². The minimum atomic E-state index is 0. The lowest BCUT2D eigenvalue weighted by Gasteiger charge is -2.21. The molecular formula is C20H33IN6O. The number of rotatable bonds is 10. The van der Waals surface area contributed by atoms with Crippen molar-refractivity contribution in [1.29, 1.82) is 0 Å². The van der Waals surface area contributed by atoms with Gasteiger partial charge in [0.1, 0.15) is 5.76 Å². The number of halogens is 1. The zero-order valence-electron chi connectivity index (χ0n) is 16.7. The summed E-state index contributed by atoms with van der Waals surface area (Å²) in [7, 11) is 0. The molecule has 0 spiro atoms. The molecule has 0 radical (unpaired) electrons. The molecule has 1 unspecified atom stereocenters. The smallest absolute Gasteiger partial charge is 0.191 e. The van der Waals surface area contributed by atoms with E-state index in [4.69, 9.17) is 9.41 Å². The van der Waals surface area contributed by atoms with Crippen LogP contribution in [0.25, 0.3) is 0 Å². The molecule has 1 saturated heterocycles. The van der Waals surface area contributed by atoms with E-state index in [1.807, 2.05) is 35.3 Å². The minimum absolute atomic E-state index is 0. The van der Waals surface area contributed by atoms with Crippen molar-refractivity contribution < 1.29 is 4.42 Å². The first-order valence-electron chi connectivity index (χ1n) is 10.1. The zero-order chi connectivity index (χ0) is 18.7. The maximum absolute atomic E-state index is 5.41. The van der Waals surface area contributed by atoms with Gasteiger partial charge in [-0.05, 0) is 50.6 Å². The molecule has 2 aromatic heterocycles. The number of hydrogen-bond acceptors (Lipinski definition) is 4. The normalized spacial score (nSPS) is 17.5. The second kappa shape index (κ2) is 12.8. The highest BCUT2D eigenvalue weighted by Crippen LogP contribution is 2.16. The van der Waals surface area contributed by atoms with Gasteiger partial charge >= 0.3 is 0 Å². The maximum Gasteiger partial charge on any atom is 0.191 e. The first kappa shape index (κ1) is 22.7. The van der Waals surface area contributed by atoms with E-state index in [1.54, 1.807) is 6.26 Å². The summed E-state index contributed by atoms with van der Waals surface area (Å²) in [4.78, 5) is 7.39. The lowest BCUT2D eigenvalue weighted by atomic mass is 10.2. The molecule has 0 amide bonds. The Morgan fingerprint density at radius 1 is 1.32 bits per heavy atom. The summed E-state index contributed by atoms with van der Waals surface area (Å²) in [6, 6.07) is 6.46. The zero-order valence-corrected chi connectivity index (χ0v) is 19.0. The molecule has 2 N–H and O–H groups in total. The molecule has 0 bridgehead atoms. The largest absolute Gasteiger partial charge is 0.469 e. The van der Waals surface area contributed by atoms with Crippen LogP contribution in [0.4, 0.5) is 0 Å². The van der Waals surface area contributed by atoms with Crippen LogP contribution >= 0.6 is 24.0 Å². The number of nitrogens with zero attached hydrogens (tertiary/aromatic N) is 4. The van der Waals surface area contributed by atoms with E-state index >= 15 is 0 Å². The van der Waals surface area contributed by atoms with Crippen molar-refractivity contribution in [2.75, 3.05) is 32.7 Å². The number of nitrogens with one attached hydrogen (secondary N) is 2. The fourth-order valence-electron chi connectivity index (χ4n) is 3.53. The fourth-order valence-corrected chi connectivity index (χ4v) is 3.53. The van der Waals surface area contributed by atoms with Gasteiger partial charge in [-0.3, -0.25) is 14.6 Å². The van der Waals surface area contributed by atoms with Crippen LogP contribution < -0.4 is 10.6 Å². The second-order valence-electron chi connectivity index (χ2n) is 6.92. The van der Waals surface area contributed by atoms with Crippen molar-refractivity contribution in [2.45, 2.75) is 45.2 Å². The Labute approximate surface area is 185 Å². The van der Waals surface area contributed by atoms with Gasteiger partial charge in [-0.15, -0.1) is 24.0 Å². The first-order chi connectivity index (χ1) is 13.3. The van der Waals surface area contributed by atoms with Gasteiger partial charge in [-0.1, -0.05) is 6.92 Å². The number of aryl methyl sites for hydroxylation is 1. The molecule has 8 heteroatoms. The Morgan fingerprint density at radius 2 is 2.21 bits per heavy atom. The van der Waals surface area contributed by atoms with Crippen LogP contribution in [0.1, 0.15) is 31.9 Å². The lowest BCUT2D eigenvalue weighted by molar-refractivity contribution is 0.273. The van der Waals surface area contributed by atoms with Crippen LogP contribution in [0.5, 0.6) is 0 Å². The summed E-state index contributed by atoms with van der Waals surface area (Å²) >= 11 is 0. The summed E-state index contributed by atoms with van der Waals surface area (Å²) in [5.41, 5.74) is 0. The van der Waals surface area contributed by atoms with E-state index in [0.717, 1.165) is 57.3 Å². The van der Waals surface area contributed by atoms with Gasteiger partial charge in [0, 0.05) is 44.5 Å². The third-order valence-electron chi connectivity index (χ3n) is 5.02. The lowest BCUT2D eigenvalue weighted by Crippen LogP contribution is -2.40. The Bertz CT molecular complexity index is 658. The van der Waals surface area contributed by atoms with Crippen molar-refractivity contribution >= 4 is 29.9 Å². The summed E-state index contributed by atoms with van der Waals surface area (Å²) < 4.78 is 7.37. The predicted octanol–water partition coefficient (Wildman–Crippen LogP) is 2.75. The number of guanidine groups is 1. The highest BCUT2D eigenvalue weighted by atomic mass is 127. The molecule has 156 valence electrons. The molecule has 1 atom stereocenters. The number of aliphatic imine (C=N–C) groups is 1.